The van der Waals surface area contributed by atoms with E-state index in [1.165, 1.54) is 6.08 Å². The SMILES string of the molecule is CC1=CC(=O)OC1C. The number of carbonyl (C=O) groups is 1. The summed E-state index contributed by atoms with van der Waals surface area (Å²) in [6, 6.07) is 0. The van der Waals surface area contributed by atoms with Gasteiger partial charge in [-0.25, -0.2) is 4.79 Å². The molecule has 1 heterocycles. The number of esters is 1. The summed E-state index contributed by atoms with van der Waals surface area (Å²) in [7, 11) is 0. The van der Waals surface area contributed by atoms with Crippen LogP contribution in [-0.2, 0) is 9.53 Å². The third-order valence-corrected chi connectivity index (χ3v) is 1.28. The van der Waals surface area contributed by atoms with E-state index < -0.39 is 0 Å². The van der Waals surface area contributed by atoms with Gasteiger partial charge in [0.25, 0.3) is 0 Å². The quantitative estimate of drug-likeness (QED) is 0.435. The van der Waals surface area contributed by atoms with Gasteiger partial charge < -0.3 is 4.74 Å². The van der Waals surface area contributed by atoms with Crippen molar-refractivity contribution in [2.45, 2.75) is 20.0 Å². The van der Waals surface area contributed by atoms with Gasteiger partial charge in [0.1, 0.15) is 6.10 Å². The monoisotopic (exact) mass is 112 g/mol. The molecule has 2 heteroatoms. The summed E-state index contributed by atoms with van der Waals surface area (Å²) in [5, 5.41) is 0. The van der Waals surface area contributed by atoms with Crippen molar-refractivity contribution in [3.05, 3.63) is 11.6 Å². The van der Waals surface area contributed by atoms with E-state index in [4.69, 9.17) is 4.74 Å². The van der Waals surface area contributed by atoms with Crippen LogP contribution in [0.1, 0.15) is 13.8 Å². The van der Waals surface area contributed by atoms with Gasteiger partial charge in [-0.1, -0.05) is 0 Å². The van der Waals surface area contributed by atoms with E-state index in [1.54, 1.807) is 0 Å². The molecule has 0 spiro atoms. The van der Waals surface area contributed by atoms with Gasteiger partial charge in [0.2, 0.25) is 0 Å². The Labute approximate surface area is 48.1 Å². The maximum Gasteiger partial charge on any atom is 0.331 e. The summed E-state index contributed by atoms with van der Waals surface area (Å²) in [6.45, 7) is 3.74. The van der Waals surface area contributed by atoms with Crippen molar-refractivity contribution in [2.24, 2.45) is 0 Å². The van der Waals surface area contributed by atoms with Crippen molar-refractivity contribution in [1.29, 1.82) is 0 Å². The molecule has 0 saturated carbocycles. The number of cyclic esters (lactones) is 1. The highest BCUT2D eigenvalue weighted by molar-refractivity contribution is 5.85. The van der Waals surface area contributed by atoms with Crippen molar-refractivity contribution in [2.75, 3.05) is 0 Å². The molecule has 0 aliphatic carbocycles. The lowest BCUT2D eigenvalue weighted by Crippen LogP contribution is -2.03. The highest BCUT2D eigenvalue weighted by Gasteiger charge is 2.16. The van der Waals surface area contributed by atoms with Gasteiger partial charge in [-0.05, 0) is 19.4 Å². The number of rotatable bonds is 0. The van der Waals surface area contributed by atoms with E-state index in [0.717, 1.165) is 5.57 Å². The van der Waals surface area contributed by atoms with Gasteiger partial charge in [0, 0.05) is 6.08 Å². The summed E-state index contributed by atoms with van der Waals surface area (Å²) >= 11 is 0. The number of hydrogen-bond acceptors (Lipinski definition) is 2. The molecule has 2 nitrogen and oxygen atoms in total. The Morgan fingerprint density at radius 2 is 2.38 bits per heavy atom. The van der Waals surface area contributed by atoms with Crippen LogP contribution in [0, 0.1) is 0 Å². The summed E-state index contributed by atoms with van der Waals surface area (Å²) in [5.41, 5.74) is 1.01. The molecule has 0 radical (unpaired) electrons. The molecule has 1 unspecified atom stereocenters. The summed E-state index contributed by atoms with van der Waals surface area (Å²) in [4.78, 5) is 10.4. The first-order chi connectivity index (χ1) is 3.70. The highest BCUT2D eigenvalue weighted by Crippen LogP contribution is 2.12. The van der Waals surface area contributed by atoms with Gasteiger partial charge in [-0.3, -0.25) is 0 Å². The van der Waals surface area contributed by atoms with E-state index in [0.29, 0.717) is 0 Å². The van der Waals surface area contributed by atoms with E-state index in [9.17, 15) is 4.79 Å². The van der Waals surface area contributed by atoms with Crippen LogP contribution in [0.2, 0.25) is 0 Å². The van der Waals surface area contributed by atoms with Crippen LogP contribution in [-0.4, -0.2) is 12.1 Å². The molecule has 0 bridgehead atoms. The highest BCUT2D eigenvalue weighted by atomic mass is 16.5. The molecule has 1 atom stereocenters. The van der Waals surface area contributed by atoms with Crippen molar-refractivity contribution in [1.82, 2.24) is 0 Å². The fourth-order valence-corrected chi connectivity index (χ4v) is 0.604. The van der Waals surface area contributed by atoms with Crippen molar-refractivity contribution in [3.8, 4) is 0 Å². The second-order valence-electron chi connectivity index (χ2n) is 1.97. The fourth-order valence-electron chi connectivity index (χ4n) is 0.604. The van der Waals surface area contributed by atoms with E-state index >= 15 is 0 Å². The van der Waals surface area contributed by atoms with Gasteiger partial charge in [-0.15, -0.1) is 0 Å². The molecular formula is C6H8O2. The van der Waals surface area contributed by atoms with Gasteiger partial charge in [0.05, 0.1) is 0 Å². The summed E-state index contributed by atoms with van der Waals surface area (Å²) < 4.78 is 4.74. The number of hydrogen-bond donors (Lipinski definition) is 0. The first kappa shape index (κ1) is 5.35. The summed E-state index contributed by atoms with van der Waals surface area (Å²) in [6.07, 6.45) is 1.52. The van der Waals surface area contributed by atoms with Crippen LogP contribution in [0.25, 0.3) is 0 Å². The van der Waals surface area contributed by atoms with Gasteiger partial charge in [0.15, 0.2) is 0 Å². The van der Waals surface area contributed by atoms with Gasteiger partial charge >= 0.3 is 5.97 Å². The summed E-state index contributed by atoms with van der Waals surface area (Å²) in [5.74, 6) is -0.213. The van der Waals surface area contributed by atoms with Crippen LogP contribution in [0.15, 0.2) is 11.6 Å². The van der Waals surface area contributed by atoms with Crippen LogP contribution >= 0.6 is 0 Å². The Morgan fingerprint density at radius 3 is 2.50 bits per heavy atom. The molecule has 44 valence electrons. The second-order valence-corrected chi connectivity index (χ2v) is 1.97. The molecule has 0 aromatic heterocycles. The van der Waals surface area contributed by atoms with E-state index in [-0.39, 0.29) is 12.1 Å². The van der Waals surface area contributed by atoms with Crippen molar-refractivity contribution < 1.29 is 9.53 Å². The molecular weight excluding hydrogens is 104 g/mol. The maximum absolute atomic E-state index is 10.4. The van der Waals surface area contributed by atoms with Crippen LogP contribution in [0.4, 0.5) is 0 Å². The first-order valence-corrected chi connectivity index (χ1v) is 2.59. The van der Waals surface area contributed by atoms with Crippen LogP contribution < -0.4 is 0 Å². The minimum atomic E-state index is -0.213. The maximum atomic E-state index is 10.4. The predicted molar refractivity (Wildman–Crippen MR) is 29.3 cm³/mol. The van der Waals surface area contributed by atoms with Gasteiger partial charge in [-0.2, -0.15) is 0 Å². The Morgan fingerprint density at radius 1 is 1.75 bits per heavy atom. The second kappa shape index (κ2) is 1.62. The molecule has 0 N–H and O–H groups in total. The Kier molecular flexibility index (Phi) is 1.08. The molecule has 0 aromatic carbocycles. The van der Waals surface area contributed by atoms with Crippen LogP contribution in [0.3, 0.4) is 0 Å². The van der Waals surface area contributed by atoms with Crippen LogP contribution in [0.5, 0.6) is 0 Å². The number of ether oxygens (including phenoxy) is 1. The standard InChI is InChI=1S/C6H8O2/c1-4-3-6(7)8-5(4)2/h3,5H,1-2H3. The van der Waals surface area contributed by atoms with E-state index in [1.807, 2.05) is 13.8 Å². The molecule has 1 aliphatic heterocycles. The molecule has 8 heavy (non-hydrogen) atoms. The predicted octanol–water partition coefficient (Wildman–Crippen LogP) is 0.878. The van der Waals surface area contributed by atoms with Crippen molar-refractivity contribution >= 4 is 5.97 Å². The topological polar surface area (TPSA) is 26.3 Å². The zero-order chi connectivity index (χ0) is 6.15. The largest absolute Gasteiger partial charge is 0.455 e. The normalized spacial score (nSPS) is 27.5. The molecule has 0 fully saturated rings. The third kappa shape index (κ3) is 0.735. The first-order valence-electron chi connectivity index (χ1n) is 2.59. The minimum Gasteiger partial charge on any atom is -0.455 e. The Balaban J connectivity index is 2.73. The zero-order valence-electron chi connectivity index (χ0n) is 4.97. The lowest BCUT2D eigenvalue weighted by molar-refractivity contribution is -0.138. The minimum absolute atomic E-state index is 0.00231. The Hall–Kier alpha value is -0.790. The molecule has 0 aromatic rings. The molecule has 1 aliphatic rings. The zero-order valence-corrected chi connectivity index (χ0v) is 4.97. The molecule has 0 saturated heterocycles. The van der Waals surface area contributed by atoms with E-state index in [2.05, 4.69) is 0 Å². The lowest BCUT2D eigenvalue weighted by atomic mass is 10.2. The molecule has 0 amide bonds. The van der Waals surface area contributed by atoms with Crippen molar-refractivity contribution in [3.63, 3.8) is 0 Å². The Bertz CT molecular complexity index is 147. The number of carbonyl (C=O) groups excluding carboxylic acids is 1. The fraction of sp³-hybridized carbons (Fsp3) is 0.500. The third-order valence-electron chi connectivity index (χ3n) is 1.28. The average Bonchev–Trinajstić information content (AvgIpc) is 1.85. The smallest absolute Gasteiger partial charge is 0.331 e. The average molecular weight is 112 g/mol. The lowest BCUT2D eigenvalue weighted by Gasteiger charge is -2.00. The molecule has 1 rings (SSSR count).